The van der Waals surface area contributed by atoms with E-state index >= 15 is 0 Å². The number of nitriles is 1. The summed E-state index contributed by atoms with van der Waals surface area (Å²) in [6, 6.07) is 0. The Hall–Kier alpha value is -0.440. The lowest BCUT2D eigenvalue weighted by Gasteiger charge is -1.98. The molecule has 9 nitrogen and oxygen atoms in total. The van der Waals surface area contributed by atoms with Crippen molar-refractivity contribution >= 4 is 24.3 Å². The zero-order valence-corrected chi connectivity index (χ0v) is 10.2. The average Bonchev–Trinajstić information content (AvgIpc) is 2.17. The Labute approximate surface area is 86.7 Å². The van der Waals surface area contributed by atoms with Crippen LogP contribution in [0.2, 0.25) is 0 Å². The molecule has 0 N–H and O–H groups in total. The molecule has 0 aliphatic rings. The van der Waals surface area contributed by atoms with Crippen molar-refractivity contribution in [3.05, 3.63) is 0 Å². The number of nitrogens with zero attached hydrogens (tertiary/aromatic N) is 1. The van der Waals surface area contributed by atoms with Crippen LogP contribution in [0.1, 0.15) is 0 Å². The fraction of sp³-hybridized carbons (Fsp3) is 0.667. The summed E-state index contributed by atoms with van der Waals surface area (Å²) in [7, 11) is -8.17. The predicted molar refractivity (Wildman–Crippen MR) is 45.7 cm³/mol. The second-order valence-electron chi connectivity index (χ2n) is 1.61. The van der Waals surface area contributed by atoms with Gasteiger partial charge in [0.15, 0.2) is 0 Å². The van der Waals surface area contributed by atoms with Crippen molar-refractivity contribution in [2.75, 3.05) is 14.2 Å². The molecule has 0 radical (unpaired) electrons. The summed E-state index contributed by atoms with van der Waals surface area (Å²) in [5.41, 5.74) is 0. The predicted octanol–water partition coefficient (Wildman–Crippen LogP) is 2.23. The molecule has 3 atom stereocenters. The first-order valence-corrected chi connectivity index (χ1v) is 6.72. The topological polar surface area (TPSA) is 121 Å². The normalized spacial score (nSPS) is 16.1. The number of rotatable bonds is 7. The van der Waals surface area contributed by atoms with Crippen LogP contribution in [-0.4, -0.2) is 14.2 Å². The van der Waals surface area contributed by atoms with E-state index in [1.807, 2.05) is 0 Å². The van der Waals surface area contributed by atoms with Crippen LogP contribution in [0.3, 0.4) is 0 Å². The monoisotopic (exact) mass is 277 g/mol. The molecular formula is C3H6NO8P3+2. The fourth-order valence-electron chi connectivity index (χ4n) is 0.328. The minimum absolute atomic E-state index is 0.898. The first-order chi connectivity index (χ1) is 6.97. The molecule has 0 saturated heterocycles. The van der Waals surface area contributed by atoms with Crippen LogP contribution < -0.4 is 0 Å². The quantitative estimate of drug-likeness (QED) is 0.509. The van der Waals surface area contributed by atoms with E-state index in [0.717, 1.165) is 20.5 Å². The Morgan fingerprint density at radius 1 is 1.20 bits per heavy atom. The van der Waals surface area contributed by atoms with E-state index < -0.39 is 24.3 Å². The highest BCUT2D eigenvalue weighted by Crippen LogP contribution is 2.61. The van der Waals surface area contributed by atoms with Gasteiger partial charge in [0.25, 0.3) is 0 Å². The van der Waals surface area contributed by atoms with E-state index in [-0.39, 0.29) is 0 Å². The maximum Gasteiger partial charge on any atom is 0.772 e. The molecule has 0 bridgehead atoms. The van der Waals surface area contributed by atoms with Crippen molar-refractivity contribution in [3.8, 4) is 6.26 Å². The molecule has 3 unspecified atom stereocenters. The molecule has 15 heavy (non-hydrogen) atoms. The van der Waals surface area contributed by atoms with Crippen LogP contribution in [0.4, 0.5) is 0 Å². The molecule has 0 fully saturated rings. The van der Waals surface area contributed by atoms with Gasteiger partial charge >= 0.3 is 30.6 Å². The Balaban J connectivity index is 4.45. The van der Waals surface area contributed by atoms with Crippen LogP contribution in [0, 0.1) is 11.5 Å². The molecule has 0 amide bonds. The van der Waals surface area contributed by atoms with Gasteiger partial charge in [-0.25, -0.2) is 4.57 Å². The molecule has 0 aliphatic carbocycles. The van der Waals surface area contributed by atoms with E-state index in [1.54, 1.807) is 0 Å². The van der Waals surface area contributed by atoms with Gasteiger partial charge < -0.3 is 0 Å². The lowest BCUT2D eigenvalue weighted by atomic mass is 11.6. The summed E-state index contributed by atoms with van der Waals surface area (Å²) in [5, 5.41) is 7.94. The standard InChI is InChI=1S/C3H6NO8P3/c1-8-13(5)11-15(7,9-2)12-14(6)10-3-4/h1-2H3/q+2. The molecule has 84 valence electrons. The van der Waals surface area contributed by atoms with E-state index in [9.17, 15) is 13.7 Å². The maximum atomic E-state index is 11.3. The van der Waals surface area contributed by atoms with E-state index in [2.05, 4.69) is 22.2 Å². The second kappa shape index (κ2) is 6.94. The SMILES string of the molecule is CO[P+](=O)OP(=O)(OC)O[P+](=O)OC#N. The summed E-state index contributed by atoms with van der Waals surface area (Å²) < 4.78 is 53.1. The van der Waals surface area contributed by atoms with Gasteiger partial charge in [-0.05, 0) is 0 Å². The van der Waals surface area contributed by atoms with E-state index in [0.29, 0.717) is 0 Å². The van der Waals surface area contributed by atoms with Crippen LogP contribution >= 0.6 is 24.3 Å². The Kier molecular flexibility index (Phi) is 6.73. The molecule has 12 heteroatoms. The summed E-state index contributed by atoms with van der Waals surface area (Å²) in [5.74, 6) is 0. The molecule has 0 aromatic heterocycles. The Morgan fingerprint density at radius 3 is 2.13 bits per heavy atom. The molecular weight excluding hydrogens is 271 g/mol. The third-order valence-electron chi connectivity index (χ3n) is 0.821. The van der Waals surface area contributed by atoms with Crippen molar-refractivity contribution in [2.24, 2.45) is 0 Å². The minimum Gasteiger partial charge on any atom is -0.285 e. The molecule has 0 rings (SSSR count). The summed E-state index contributed by atoms with van der Waals surface area (Å²) in [6.45, 7) is 0. The average molecular weight is 277 g/mol. The Morgan fingerprint density at radius 2 is 1.73 bits per heavy atom. The smallest absolute Gasteiger partial charge is 0.285 e. The van der Waals surface area contributed by atoms with Crippen LogP contribution in [0.5, 0.6) is 0 Å². The maximum absolute atomic E-state index is 11.3. The zero-order chi connectivity index (χ0) is 11.9. The van der Waals surface area contributed by atoms with Crippen molar-refractivity contribution < 1.29 is 35.9 Å². The highest BCUT2D eigenvalue weighted by molar-refractivity contribution is 7.61. The van der Waals surface area contributed by atoms with Crippen LogP contribution in [-0.2, 0) is 35.9 Å². The van der Waals surface area contributed by atoms with Crippen molar-refractivity contribution in [3.63, 3.8) is 0 Å². The molecule has 0 heterocycles. The van der Waals surface area contributed by atoms with Gasteiger partial charge in [-0.15, -0.1) is 14.3 Å². The zero-order valence-electron chi connectivity index (χ0n) is 7.55. The number of hydrogen-bond acceptors (Lipinski definition) is 9. The highest BCUT2D eigenvalue weighted by atomic mass is 31.3. The Bertz CT molecular complexity index is 335. The lowest BCUT2D eigenvalue weighted by Crippen LogP contribution is -1.89. The number of hydrogen-bond donors (Lipinski definition) is 0. The van der Waals surface area contributed by atoms with Gasteiger partial charge in [0, 0.05) is 24.9 Å². The van der Waals surface area contributed by atoms with Crippen molar-refractivity contribution in [1.29, 1.82) is 5.26 Å². The van der Waals surface area contributed by atoms with Gasteiger partial charge in [0.05, 0.1) is 7.11 Å². The highest BCUT2D eigenvalue weighted by Gasteiger charge is 2.48. The number of phosphoric acid groups is 1. The summed E-state index contributed by atoms with van der Waals surface area (Å²) >= 11 is 0. The van der Waals surface area contributed by atoms with Gasteiger partial charge in [-0.2, -0.15) is 0 Å². The minimum atomic E-state index is -4.33. The van der Waals surface area contributed by atoms with Crippen LogP contribution in [0.15, 0.2) is 0 Å². The molecule has 0 saturated carbocycles. The molecule has 0 spiro atoms. The third-order valence-corrected chi connectivity index (χ3v) is 4.46. The van der Waals surface area contributed by atoms with E-state index in [4.69, 9.17) is 5.26 Å². The summed E-state index contributed by atoms with van der Waals surface area (Å²) in [6.07, 6.45) is 1.04. The second-order valence-corrected chi connectivity index (χ2v) is 5.61. The van der Waals surface area contributed by atoms with Crippen LogP contribution in [0.25, 0.3) is 0 Å². The van der Waals surface area contributed by atoms with Crippen molar-refractivity contribution in [1.82, 2.24) is 0 Å². The van der Waals surface area contributed by atoms with Gasteiger partial charge in [-0.3, -0.25) is 4.52 Å². The van der Waals surface area contributed by atoms with Gasteiger partial charge in [0.1, 0.15) is 0 Å². The van der Waals surface area contributed by atoms with Crippen molar-refractivity contribution in [2.45, 2.75) is 0 Å². The fourth-order valence-corrected chi connectivity index (χ4v) is 3.02. The lowest BCUT2D eigenvalue weighted by molar-refractivity contribution is 0.230. The first-order valence-electron chi connectivity index (χ1n) is 3.07. The third kappa shape index (κ3) is 5.88. The first kappa shape index (κ1) is 14.6. The molecule has 0 aromatic carbocycles. The molecule has 0 aromatic rings. The van der Waals surface area contributed by atoms with Gasteiger partial charge in [0.2, 0.25) is 0 Å². The summed E-state index contributed by atoms with van der Waals surface area (Å²) in [4.78, 5) is 0. The molecule has 0 aliphatic heterocycles. The van der Waals surface area contributed by atoms with E-state index in [1.165, 1.54) is 0 Å². The largest absolute Gasteiger partial charge is 0.772 e. The van der Waals surface area contributed by atoms with Gasteiger partial charge in [-0.1, -0.05) is 0 Å².